The van der Waals surface area contributed by atoms with Gasteiger partial charge in [-0.25, -0.2) is 0 Å². The minimum atomic E-state index is 0.345. The van der Waals surface area contributed by atoms with Crippen molar-refractivity contribution in [1.82, 2.24) is 5.32 Å². The fraction of sp³-hybridized carbons (Fsp3) is 0.571. The fourth-order valence-electron chi connectivity index (χ4n) is 2.52. The van der Waals surface area contributed by atoms with Crippen LogP contribution in [0, 0.1) is 5.92 Å². The molecule has 2 nitrogen and oxygen atoms in total. The molecule has 0 heterocycles. The van der Waals surface area contributed by atoms with Crippen LogP contribution in [0.25, 0.3) is 0 Å². The van der Waals surface area contributed by atoms with E-state index in [0.717, 1.165) is 25.6 Å². The smallest absolute Gasteiger partial charge is 0.0587 e. The molecule has 0 amide bonds. The summed E-state index contributed by atoms with van der Waals surface area (Å²) < 4.78 is 6.23. The Morgan fingerprint density at radius 2 is 2.29 bits per heavy atom. The zero-order chi connectivity index (χ0) is 12.3. The lowest BCUT2D eigenvalue weighted by Crippen LogP contribution is -2.30. The highest BCUT2D eigenvalue weighted by Crippen LogP contribution is 2.53. The predicted octanol–water partition coefficient (Wildman–Crippen LogP) is 2.96. The third-order valence-corrected chi connectivity index (χ3v) is 4.27. The first-order chi connectivity index (χ1) is 8.19. The Morgan fingerprint density at radius 1 is 1.53 bits per heavy atom. The SMILES string of the molecule is COCCNCC1(c2cccc(Br)c2)CC1C. The summed E-state index contributed by atoms with van der Waals surface area (Å²) in [5.74, 6) is 0.770. The molecule has 0 spiro atoms. The molecule has 0 bridgehead atoms. The van der Waals surface area contributed by atoms with Crippen LogP contribution in [0.1, 0.15) is 18.9 Å². The first kappa shape index (κ1) is 13.1. The van der Waals surface area contributed by atoms with Gasteiger partial charge in [0.25, 0.3) is 0 Å². The molecule has 17 heavy (non-hydrogen) atoms. The number of benzene rings is 1. The number of halogens is 1. The van der Waals surface area contributed by atoms with Crippen LogP contribution in [0.2, 0.25) is 0 Å². The zero-order valence-electron chi connectivity index (χ0n) is 10.5. The molecule has 2 unspecified atom stereocenters. The summed E-state index contributed by atoms with van der Waals surface area (Å²) in [5, 5.41) is 3.50. The van der Waals surface area contributed by atoms with Gasteiger partial charge in [-0.3, -0.25) is 0 Å². The van der Waals surface area contributed by atoms with Gasteiger partial charge >= 0.3 is 0 Å². The molecule has 1 aliphatic rings. The molecule has 0 aromatic heterocycles. The van der Waals surface area contributed by atoms with Crippen LogP contribution in [0.15, 0.2) is 28.7 Å². The highest BCUT2D eigenvalue weighted by molar-refractivity contribution is 9.10. The lowest BCUT2D eigenvalue weighted by atomic mass is 9.93. The molecule has 2 rings (SSSR count). The standard InChI is InChI=1S/C14H20BrNO/c1-11-9-14(11,10-16-6-7-17-2)12-4-3-5-13(15)8-12/h3-5,8,11,16H,6-7,9-10H2,1-2H3. The summed E-state index contributed by atoms with van der Waals surface area (Å²) in [6.07, 6.45) is 1.28. The quantitative estimate of drug-likeness (QED) is 0.815. The molecular formula is C14H20BrNO. The first-order valence-corrected chi connectivity index (χ1v) is 6.94. The minimum Gasteiger partial charge on any atom is -0.383 e. The van der Waals surface area contributed by atoms with Crippen LogP contribution < -0.4 is 5.32 Å². The summed E-state index contributed by atoms with van der Waals surface area (Å²) in [6, 6.07) is 8.71. The lowest BCUT2D eigenvalue weighted by Gasteiger charge is -2.18. The van der Waals surface area contributed by atoms with Crippen molar-refractivity contribution in [2.75, 3.05) is 26.8 Å². The van der Waals surface area contributed by atoms with E-state index in [9.17, 15) is 0 Å². The second-order valence-electron chi connectivity index (χ2n) is 4.94. The number of hydrogen-bond acceptors (Lipinski definition) is 2. The third kappa shape index (κ3) is 2.90. The maximum absolute atomic E-state index is 5.06. The molecule has 0 aliphatic heterocycles. The van der Waals surface area contributed by atoms with Crippen molar-refractivity contribution in [3.63, 3.8) is 0 Å². The molecule has 1 aromatic rings. The molecule has 1 saturated carbocycles. The van der Waals surface area contributed by atoms with Crippen molar-refractivity contribution in [3.8, 4) is 0 Å². The molecule has 1 fully saturated rings. The first-order valence-electron chi connectivity index (χ1n) is 6.15. The van der Waals surface area contributed by atoms with Crippen LogP contribution in [0.5, 0.6) is 0 Å². The zero-order valence-corrected chi connectivity index (χ0v) is 12.1. The van der Waals surface area contributed by atoms with Gasteiger partial charge in [-0.05, 0) is 30.0 Å². The molecule has 3 heteroatoms. The number of rotatable bonds is 6. The van der Waals surface area contributed by atoms with Crippen molar-refractivity contribution in [2.45, 2.75) is 18.8 Å². The van der Waals surface area contributed by atoms with Crippen LogP contribution in [0.3, 0.4) is 0 Å². The average molecular weight is 298 g/mol. The van der Waals surface area contributed by atoms with Crippen molar-refractivity contribution in [1.29, 1.82) is 0 Å². The highest BCUT2D eigenvalue weighted by atomic mass is 79.9. The molecule has 1 N–H and O–H groups in total. The molecule has 1 aromatic carbocycles. The number of nitrogens with one attached hydrogen (secondary N) is 1. The van der Waals surface area contributed by atoms with Crippen molar-refractivity contribution < 1.29 is 4.74 Å². The monoisotopic (exact) mass is 297 g/mol. The van der Waals surface area contributed by atoms with E-state index in [4.69, 9.17) is 4.74 Å². The molecule has 0 saturated heterocycles. The Bertz CT molecular complexity index is 382. The summed E-state index contributed by atoms with van der Waals surface area (Å²) in [7, 11) is 1.74. The van der Waals surface area contributed by atoms with Gasteiger partial charge in [0.1, 0.15) is 0 Å². The van der Waals surface area contributed by atoms with Crippen molar-refractivity contribution in [2.24, 2.45) is 5.92 Å². The predicted molar refractivity (Wildman–Crippen MR) is 74.3 cm³/mol. The van der Waals surface area contributed by atoms with Crippen LogP contribution in [-0.2, 0) is 10.2 Å². The Kier molecular flexibility index (Phi) is 4.23. The Hall–Kier alpha value is -0.380. The summed E-state index contributed by atoms with van der Waals surface area (Å²) in [5.41, 5.74) is 1.79. The lowest BCUT2D eigenvalue weighted by molar-refractivity contribution is 0.198. The number of methoxy groups -OCH3 is 1. The van der Waals surface area contributed by atoms with Gasteiger partial charge in [0.2, 0.25) is 0 Å². The Balaban J connectivity index is 2.00. The van der Waals surface area contributed by atoms with Gasteiger partial charge < -0.3 is 10.1 Å². The largest absolute Gasteiger partial charge is 0.383 e. The van der Waals surface area contributed by atoms with Gasteiger partial charge in [-0.1, -0.05) is 35.0 Å². The van der Waals surface area contributed by atoms with E-state index in [0.29, 0.717) is 5.41 Å². The maximum Gasteiger partial charge on any atom is 0.0587 e. The second kappa shape index (κ2) is 5.51. The average Bonchev–Trinajstić information content (AvgIpc) is 2.97. The molecular weight excluding hydrogens is 278 g/mol. The van der Waals surface area contributed by atoms with Gasteiger partial charge in [-0.2, -0.15) is 0 Å². The van der Waals surface area contributed by atoms with Crippen molar-refractivity contribution in [3.05, 3.63) is 34.3 Å². The van der Waals surface area contributed by atoms with Gasteiger partial charge in [0.15, 0.2) is 0 Å². The minimum absolute atomic E-state index is 0.345. The third-order valence-electron chi connectivity index (χ3n) is 3.78. The highest BCUT2D eigenvalue weighted by Gasteiger charge is 2.51. The van der Waals surface area contributed by atoms with E-state index < -0.39 is 0 Å². The van der Waals surface area contributed by atoms with E-state index in [1.807, 2.05) is 0 Å². The van der Waals surface area contributed by atoms with E-state index in [1.165, 1.54) is 16.5 Å². The van der Waals surface area contributed by atoms with E-state index in [-0.39, 0.29) is 0 Å². The summed E-state index contributed by atoms with van der Waals surface area (Å²) >= 11 is 3.55. The second-order valence-corrected chi connectivity index (χ2v) is 5.86. The van der Waals surface area contributed by atoms with Gasteiger partial charge in [-0.15, -0.1) is 0 Å². The molecule has 1 aliphatic carbocycles. The van der Waals surface area contributed by atoms with Gasteiger partial charge in [0.05, 0.1) is 6.61 Å². The molecule has 0 radical (unpaired) electrons. The Labute approximate surface area is 112 Å². The van der Waals surface area contributed by atoms with E-state index in [2.05, 4.69) is 52.4 Å². The summed E-state index contributed by atoms with van der Waals surface area (Å²) in [6.45, 7) is 5.09. The van der Waals surface area contributed by atoms with E-state index in [1.54, 1.807) is 7.11 Å². The topological polar surface area (TPSA) is 21.3 Å². The molecule has 94 valence electrons. The number of ether oxygens (including phenoxy) is 1. The maximum atomic E-state index is 5.06. The van der Waals surface area contributed by atoms with Gasteiger partial charge in [0, 0.05) is 30.1 Å². The van der Waals surface area contributed by atoms with Crippen LogP contribution in [-0.4, -0.2) is 26.8 Å². The number of hydrogen-bond donors (Lipinski definition) is 1. The molecule has 2 atom stereocenters. The fourth-order valence-corrected chi connectivity index (χ4v) is 2.92. The van der Waals surface area contributed by atoms with E-state index >= 15 is 0 Å². The van der Waals surface area contributed by atoms with Crippen molar-refractivity contribution >= 4 is 15.9 Å². The summed E-state index contributed by atoms with van der Waals surface area (Å²) in [4.78, 5) is 0. The van der Waals surface area contributed by atoms with Crippen LogP contribution in [0.4, 0.5) is 0 Å². The normalized spacial score (nSPS) is 27.1. The Morgan fingerprint density at radius 3 is 2.88 bits per heavy atom. The van der Waals surface area contributed by atoms with Crippen LogP contribution >= 0.6 is 15.9 Å².